The number of non-ortho nitro benzene ring substituents is 1. The molecule has 1 heterocycles. The van der Waals surface area contributed by atoms with Gasteiger partial charge in [-0.1, -0.05) is 6.07 Å². The molecule has 3 N–H and O–H groups in total. The number of urea groups is 1. The number of carbonyl (C=O) groups excluding carboxylic acids is 2. The van der Waals surface area contributed by atoms with E-state index in [9.17, 15) is 19.7 Å². The van der Waals surface area contributed by atoms with E-state index in [2.05, 4.69) is 15.3 Å². The van der Waals surface area contributed by atoms with Crippen molar-refractivity contribution in [3.8, 4) is 0 Å². The molecule has 29 heavy (non-hydrogen) atoms. The van der Waals surface area contributed by atoms with Gasteiger partial charge in [0.25, 0.3) is 5.69 Å². The Hall–Kier alpha value is -3.76. The van der Waals surface area contributed by atoms with Gasteiger partial charge >= 0.3 is 12.1 Å². The summed E-state index contributed by atoms with van der Waals surface area (Å²) in [5.41, 5.74) is 5.57. The van der Waals surface area contributed by atoms with Crippen molar-refractivity contribution < 1.29 is 19.2 Å². The van der Waals surface area contributed by atoms with Crippen molar-refractivity contribution in [1.29, 1.82) is 0 Å². The minimum atomic E-state index is -0.895. The molecule has 0 aliphatic carbocycles. The summed E-state index contributed by atoms with van der Waals surface area (Å²) < 4.78 is 5.04. The highest BCUT2D eigenvalue weighted by Crippen LogP contribution is 2.23. The number of nitrogens with zero attached hydrogens (tertiary/aromatic N) is 4. The second-order valence-electron chi connectivity index (χ2n) is 6.97. The zero-order chi connectivity index (χ0) is 21.8. The highest BCUT2D eigenvalue weighted by molar-refractivity contribution is 6.01. The van der Waals surface area contributed by atoms with Crippen LogP contribution >= 0.6 is 0 Å². The number of hydrogen-bond donors (Lipinski definition) is 2. The topological polar surface area (TPSA) is 154 Å². The summed E-state index contributed by atoms with van der Waals surface area (Å²) in [5, 5.41) is 13.6. The first-order valence-corrected chi connectivity index (χ1v) is 8.57. The number of ether oxygens (including phenoxy) is 1. The third-order valence-corrected chi connectivity index (χ3v) is 4.01. The first-order valence-electron chi connectivity index (χ1n) is 8.57. The molecule has 0 saturated carbocycles. The van der Waals surface area contributed by atoms with E-state index in [0.717, 1.165) is 0 Å². The summed E-state index contributed by atoms with van der Waals surface area (Å²) in [6.45, 7) is 5.09. The molecule has 0 atom stereocenters. The van der Waals surface area contributed by atoms with Gasteiger partial charge in [0, 0.05) is 37.4 Å². The Bertz CT molecular complexity index is 946. The summed E-state index contributed by atoms with van der Waals surface area (Å²) in [7, 11) is 1.50. The van der Waals surface area contributed by atoms with Crippen molar-refractivity contribution in [2.24, 2.45) is 5.73 Å². The molecule has 0 unspecified atom stereocenters. The minimum Gasteiger partial charge on any atom is -0.443 e. The van der Waals surface area contributed by atoms with Crippen LogP contribution in [0.25, 0.3) is 0 Å². The molecule has 0 fully saturated rings. The van der Waals surface area contributed by atoms with Gasteiger partial charge in [-0.2, -0.15) is 0 Å². The molecule has 11 heteroatoms. The third kappa shape index (κ3) is 5.86. The largest absolute Gasteiger partial charge is 0.443 e. The van der Waals surface area contributed by atoms with Crippen LogP contribution in [0, 0.1) is 17.0 Å². The fourth-order valence-electron chi connectivity index (χ4n) is 2.57. The summed E-state index contributed by atoms with van der Waals surface area (Å²) in [4.78, 5) is 43.4. The van der Waals surface area contributed by atoms with Crippen LogP contribution in [0.4, 0.5) is 26.8 Å². The van der Waals surface area contributed by atoms with E-state index in [-0.39, 0.29) is 12.1 Å². The molecular formula is C18H22N6O5. The molecule has 0 aliphatic heterocycles. The number of nitro benzene ring substituents is 1. The maximum Gasteiger partial charge on any atom is 0.405 e. The Morgan fingerprint density at radius 2 is 2.00 bits per heavy atom. The predicted molar refractivity (Wildman–Crippen MR) is 106 cm³/mol. The standard InChI is InChI=1S/C18H22N6O5/c1-11-5-6-13(24(27)28)8-14(11)22-17(26)23(4)15-7-12(20-10-21-15)9-18(2,3)29-16(19)25/h5-8,10H,9H2,1-4H3,(H2,19,25)(H,22,26). The SMILES string of the molecule is Cc1ccc([N+](=O)[O-])cc1NC(=O)N(C)c1cc(CC(C)(C)OC(N)=O)ncn1. The Labute approximate surface area is 167 Å². The molecule has 2 rings (SSSR count). The van der Waals surface area contributed by atoms with Crippen LogP contribution in [0.1, 0.15) is 25.1 Å². The number of benzene rings is 1. The molecule has 0 bridgehead atoms. The Kier molecular flexibility index (Phi) is 6.32. The quantitative estimate of drug-likeness (QED) is 0.556. The van der Waals surface area contributed by atoms with E-state index in [1.54, 1.807) is 32.9 Å². The van der Waals surface area contributed by atoms with E-state index in [0.29, 0.717) is 22.8 Å². The van der Waals surface area contributed by atoms with Crippen LogP contribution in [0.15, 0.2) is 30.6 Å². The first-order chi connectivity index (χ1) is 13.5. The monoisotopic (exact) mass is 402 g/mol. The smallest absolute Gasteiger partial charge is 0.405 e. The maximum atomic E-state index is 12.6. The van der Waals surface area contributed by atoms with Crippen molar-refractivity contribution in [3.05, 3.63) is 52.0 Å². The van der Waals surface area contributed by atoms with Crippen LogP contribution in [-0.2, 0) is 11.2 Å². The zero-order valence-electron chi connectivity index (χ0n) is 16.5. The number of nitrogens with two attached hydrogens (primary N) is 1. The molecule has 2 aromatic rings. The number of carbonyl (C=O) groups is 2. The van der Waals surface area contributed by atoms with Crippen molar-refractivity contribution in [3.63, 3.8) is 0 Å². The minimum absolute atomic E-state index is 0.130. The number of anilines is 2. The average Bonchev–Trinajstić information content (AvgIpc) is 2.61. The van der Waals surface area contributed by atoms with Crippen molar-refractivity contribution in [2.45, 2.75) is 32.8 Å². The molecule has 0 aliphatic rings. The Balaban J connectivity index is 2.17. The molecule has 0 saturated heterocycles. The maximum absolute atomic E-state index is 12.6. The predicted octanol–water partition coefficient (Wildman–Crippen LogP) is 2.78. The molecular weight excluding hydrogens is 380 g/mol. The third-order valence-electron chi connectivity index (χ3n) is 4.01. The van der Waals surface area contributed by atoms with Gasteiger partial charge in [-0.15, -0.1) is 0 Å². The normalized spacial score (nSPS) is 10.9. The van der Waals surface area contributed by atoms with Gasteiger partial charge in [0.2, 0.25) is 0 Å². The van der Waals surface area contributed by atoms with Crippen molar-refractivity contribution >= 4 is 29.3 Å². The molecule has 154 valence electrons. The summed E-state index contributed by atoms with van der Waals surface area (Å²) in [6, 6.07) is 5.24. The Morgan fingerprint density at radius 1 is 1.31 bits per heavy atom. The first kappa shape index (κ1) is 21.5. The van der Waals surface area contributed by atoms with Gasteiger partial charge in [-0.25, -0.2) is 19.6 Å². The van der Waals surface area contributed by atoms with Gasteiger partial charge < -0.3 is 15.8 Å². The van der Waals surface area contributed by atoms with Gasteiger partial charge in [-0.3, -0.25) is 15.0 Å². The van der Waals surface area contributed by atoms with Crippen LogP contribution in [0.5, 0.6) is 0 Å². The summed E-state index contributed by atoms with van der Waals surface area (Å²) in [6.07, 6.45) is 0.645. The van der Waals surface area contributed by atoms with E-state index >= 15 is 0 Å². The Morgan fingerprint density at radius 3 is 2.62 bits per heavy atom. The number of hydrogen-bond acceptors (Lipinski definition) is 7. The molecule has 0 spiro atoms. The fourth-order valence-corrected chi connectivity index (χ4v) is 2.57. The lowest BCUT2D eigenvalue weighted by Crippen LogP contribution is -2.34. The van der Waals surface area contributed by atoms with Crippen molar-refractivity contribution in [1.82, 2.24) is 9.97 Å². The second kappa shape index (κ2) is 8.50. The number of aromatic nitrogens is 2. The van der Waals surface area contributed by atoms with Gasteiger partial charge in [0.05, 0.1) is 10.6 Å². The number of nitro groups is 1. The van der Waals surface area contributed by atoms with Crippen LogP contribution in [0.3, 0.4) is 0 Å². The average molecular weight is 402 g/mol. The van der Waals surface area contributed by atoms with Gasteiger partial charge in [0.15, 0.2) is 0 Å². The summed E-state index contributed by atoms with van der Waals surface area (Å²) in [5.74, 6) is 0.297. The number of amides is 3. The van der Waals surface area contributed by atoms with E-state index in [1.807, 2.05) is 0 Å². The van der Waals surface area contributed by atoms with E-state index in [4.69, 9.17) is 10.5 Å². The van der Waals surface area contributed by atoms with Gasteiger partial charge in [0.1, 0.15) is 17.7 Å². The summed E-state index contributed by atoms with van der Waals surface area (Å²) >= 11 is 0. The fraction of sp³-hybridized carbons (Fsp3) is 0.333. The molecule has 1 aromatic heterocycles. The molecule has 3 amide bonds. The molecule has 0 radical (unpaired) electrons. The lowest BCUT2D eigenvalue weighted by Gasteiger charge is -2.24. The highest BCUT2D eigenvalue weighted by atomic mass is 16.6. The van der Waals surface area contributed by atoms with Crippen molar-refractivity contribution in [2.75, 3.05) is 17.3 Å². The number of rotatable bonds is 6. The molecule has 1 aromatic carbocycles. The lowest BCUT2D eigenvalue weighted by molar-refractivity contribution is -0.384. The lowest BCUT2D eigenvalue weighted by atomic mass is 10.0. The number of nitrogens with one attached hydrogen (secondary N) is 1. The van der Waals surface area contributed by atoms with Gasteiger partial charge in [-0.05, 0) is 26.3 Å². The molecule has 11 nitrogen and oxygen atoms in total. The van der Waals surface area contributed by atoms with Crippen LogP contribution < -0.4 is 16.0 Å². The van der Waals surface area contributed by atoms with Crippen LogP contribution in [-0.4, -0.2) is 39.7 Å². The van der Waals surface area contributed by atoms with E-state index < -0.39 is 22.6 Å². The highest BCUT2D eigenvalue weighted by Gasteiger charge is 2.24. The van der Waals surface area contributed by atoms with Crippen LogP contribution in [0.2, 0.25) is 0 Å². The second-order valence-corrected chi connectivity index (χ2v) is 6.97. The number of aryl methyl sites for hydroxylation is 1. The van der Waals surface area contributed by atoms with E-state index in [1.165, 1.54) is 30.4 Å². The zero-order valence-corrected chi connectivity index (χ0v) is 16.5. The number of primary amides is 1.